The molecule has 112 valence electrons. The fourth-order valence-electron chi connectivity index (χ4n) is 1.40. The van der Waals surface area contributed by atoms with Crippen molar-refractivity contribution < 1.29 is 9.53 Å². The Kier molecular flexibility index (Phi) is 6.55. The maximum absolute atomic E-state index is 9.97. The molecular weight excluding hydrogens is 268 g/mol. The molecule has 4 heteroatoms. The summed E-state index contributed by atoms with van der Waals surface area (Å²) in [7, 11) is -3.15. The van der Waals surface area contributed by atoms with Crippen LogP contribution in [-0.2, 0) is 4.43 Å². The summed E-state index contributed by atoms with van der Waals surface area (Å²) in [5.41, 5.74) is 3.21. The third-order valence-corrected chi connectivity index (χ3v) is 8.97. The number of rotatable bonds is 4. The Morgan fingerprint density at radius 3 is 1.95 bits per heavy atom. The first-order valence-corrected chi connectivity index (χ1v) is 13.5. The van der Waals surface area contributed by atoms with Gasteiger partial charge in [-0.1, -0.05) is 46.3 Å². The lowest BCUT2D eigenvalue weighted by molar-refractivity contribution is 0.126. The van der Waals surface area contributed by atoms with Gasteiger partial charge in [-0.3, -0.25) is 0 Å². The van der Waals surface area contributed by atoms with Gasteiger partial charge in [0.15, 0.2) is 8.32 Å². The number of aliphatic hydroxyl groups excluding tert-OH is 1. The highest BCUT2D eigenvalue weighted by atomic mass is 28.4. The third kappa shape index (κ3) is 7.93. The number of hydrogen-bond acceptors (Lipinski definition) is 2. The molecule has 0 aromatic rings. The van der Waals surface area contributed by atoms with E-state index in [0.717, 1.165) is 0 Å². The molecule has 0 rings (SSSR count). The van der Waals surface area contributed by atoms with Crippen molar-refractivity contribution in [1.29, 1.82) is 0 Å². The van der Waals surface area contributed by atoms with Crippen LogP contribution in [0.15, 0.2) is 0 Å². The van der Waals surface area contributed by atoms with E-state index in [2.05, 4.69) is 65.0 Å². The van der Waals surface area contributed by atoms with Gasteiger partial charge in [-0.2, -0.15) is 0 Å². The Balaban J connectivity index is 4.47. The van der Waals surface area contributed by atoms with Crippen molar-refractivity contribution in [3.63, 3.8) is 0 Å². The van der Waals surface area contributed by atoms with Crippen molar-refractivity contribution in [2.24, 2.45) is 0 Å². The average molecular weight is 301 g/mol. The van der Waals surface area contributed by atoms with Crippen molar-refractivity contribution in [3.05, 3.63) is 0 Å². The molecule has 0 fully saturated rings. The lowest BCUT2D eigenvalue weighted by Crippen LogP contribution is -2.43. The van der Waals surface area contributed by atoms with Gasteiger partial charge in [0.05, 0.1) is 0 Å². The molecule has 2 atom stereocenters. The Bertz CT molecular complexity index is 340. The summed E-state index contributed by atoms with van der Waals surface area (Å²) in [6.07, 6.45) is 0.0996. The third-order valence-electron chi connectivity index (χ3n) is 3.47. The summed E-state index contributed by atoms with van der Waals surface area (Å²) in [5, 5.41) is 10.2. The maximum atomic E-state index is 9.97. The average Bonchev–Trinajstić information content (AvgIpc) is 2.10. The zero-order valence-electron chi connectivity index (χ0n) is 14.2. The quantitative estimate of drug-likeness (QED) is 0.627. The van der Waals surface area contributed by atoms with E-state index in [4.69, 9.17) is 4.43 Å². The molecule has 0 radical (unpaired) electrons. The molecule has 19 heavy (non-hydrogen) atoms. The predicted octanol–water partition coefficient (Wildman–Crippen LogP) is 4.03. The van der Waals surface area contributed by atoms with Gasteiger partial charge < -0.3 is 9.53 Å². The first kappa shape index (κ1) is 18.9. The minimum absolute atomic E-state index is 0.0619. The molecule has 0 unspecified atom stereocenters. The zero-order valence-corrected chi connectivity index (χ0v) is 16.2. The molecule has 0 aliphatic heterocycles. The second-order valence-electron chi connectivity index (χ2n) is 7.96. The van der Waals surface area contributed by atoms with Crippen LogP contribution in [0.3, 0.4) is 0 Å². The molecule has 0 heterocycles. The molecule has 0 spiro atoms. The van der Waals surface area contributed by atoms with Gasteiger partial charge in [0.25, 0.3) is 0 Å². The van der Waals surface area contributed by atoms with Crippen LogP contribution in [-0.4, -0.2) is 33.7 Å². The molecular formula is C15H32O2Si2. The Morgan fingerprint density at radius 1 is 1.11 bits per heavy atom. The van der Waals surface area contributed by atoms with Gasteiger partial charge in [-0.05, 0) is 25.1 Å². The summed E-state index contributed by atoms with van der Waals surface area (Å²) < 4.78 is 6.23. The molecule has 0 aromatic heterocycles. The fourth-order valence-corrected chi connectivity index (χ4v) is 3.46. The van der Waals surface area contributed by atoms with E-state index >= 15 is 0 Å². The lowest BCUT2D eigenvalue weighted by atomic mass is 10.2. The standard InChI is InChI=1S/C15H32O2Si2/c1-13(17-19(8,9)15(2,3)4)12-14(16)10-11-18(5,6)7/h13-14,16H,12H2,1-9H3/t13-,14+/m1/s1. The molecule has 0 aliphatic rings. The van der Waals surface area contributed by atoms with Crippen molar-refractivity contribution >= 4 is 16.4 Å². The monoisotopic (exact) mass is 300 g/mol. The van der Waals surface area contributed by atoms with Crippen molar-refractivity contribution in [2.45, 2.75) is 84.1 Å². The second kappa shape index (κ2) is 6.58. The van der Waals surface area contributed by atoms with E-state index < -0.39 is 22.5 Å². The minimum atomic E-state index is -1.75. The van der Waals surface area contributed by atoms with E-state index in [1.165, 1.54) is 0 Å². The highest BCUT2D eigenvalue weighted by Crippen LogP contribution is 2.37. The Hall–Kier alpha value is -0.0862. The number of aliphatic hydroxyl groups is 1. The highest BCUT2D eigenvalue weighted by molar-refractivity contribution is 6.83. The summed E-state index contributed by atoms with van der Waals surface area (Å²) in [6.45, 7) is 19.8. The number of hydrogen-bond donors (Lipinski definition) is 1. The topological polar surface area (TPSA) is 29.5 Å². The summed E-state index contributed by atoms with van der Waals surface area (Å²) in [4.78, 5) is 0. The van der Waals surface area contributed by atoms with Crippen LogP contribution in [0.25, 0.3) is 0 Å². The molecule has 0 saturated heterocycles. The molecule has 1 N–H and O–H groups in total. The minimum Gasteiger partial charge on any atom is -0.414 e. The van der Waals surface area contributed by atoms with E-state index in [1.54, 1.807) is 0 Å². The van der Waals surface area contributed by atoms with Crippen molar-refractivity contribution in [2.75, 3.05) is 0 Å². The normalized spacial score (nSPS) is 16.5. The maximum Gasteiger partial charge on any atom is 0.192 e. The SMILES string of the molecule is C[C@H](C[C@@H](O)C#C[Si](C)(C)C)O[Si](C)(C)C(C)(C)C. The van der Waals surface area contributed by atoms with Gasteiger partial charge in [-0.25, -0.2) is 0 Å². The zero-order chi connectivity index (χ0) is 15.5. The first-order valence-electron chi connectivity index (χ1n) is 7.13. The molecule has 2 nitrogen and oxygen atoms in total. The van der Waals surface area contributed by atoms with Crippen LogP contribution in [0.4, 0.5) is 0 Å². The Labute approximate surface area is 122 Å². The van der Waals surface area contributed by atoms with Gasteiger partial charge in [0.2, 0.25) is 0 Å². The van der Waals surface area contributed by atoms with E-state index in [0.29, 0.717) is 6.42 Å². The molecule has 0 aromatic carbocycles. The van der Waals surface area contributed by atoms with Crippen LogP contribution < -0.4 is 0 Å². The van der Waals surface area contributed by atoms with Gasteiger partial charge in [0.1, 0.15) is 14.2 Å². The first-order chi connectivity index (χ1) is 8.24. The smallest absolute Gasteiger partial charge is 0.192 e. The molecule has 0 amide bonds. The van der Waals surface area contributed by atoms with Crippen LogP contribution in [0.1, 0.15) is 34.1 Å². The summed E-state index contributed by atoms with van der Waals surface area (Å²) >= 11 is 0. The van der Waals surface area contributed by atoms with Gasteiger partial charge in [0, 0.05) is 12.5 Å². The van der Waals surface area contributed by atoms with Crippen LogP contribution in [0.5, 0.6) is 0 Å². The Morgan fingerprint density at radius 2 is 1.58 bits per heavy atom. The molecule has 0 saturated carbocycles. The summed E-state index contributed by atoms with van der Waals surface area (Å²) in [5.74, 6) is 2.98. The second-order valence-corrected chi connectivity index (χ2v) is 17.5. The van der Waals surface area contributed by atoms with Gasteiger partial charge in [-0.15, -0.1) is 5.54 Å². The van der Waals surface area contributed by atoms with Crippen LogP contribution >= 0.6 is 0 Å². The molecule has 0 bridgehead atoms. The van der Waals surface area contributed by atoms with Gasteiger partial charge >= 0.3 is 0 Å². The predicted molar refractivity (Wildman–Crippen MR) is 89.5 cm³/mol. The van der Waals surface area contributed by atoms with E-state index in [-0.39, 0.29) is 11.1 Å². The summed E-state index contributed by atoms with van der Waals surface area (Å²) in [6, 6.07) is 0. The lowest BCUT2D eigenvalue weighted by Gasteiger charge is -2.38. The molecule has 0 aliphatic carbocycles. The van der Waals surface area contributed by atoms with Crippen LogP contribution in [0, 0.1) is 11.5 Å². The van der Waals surface area contributed by atoms with E-state index in [1.807, 2.05) is 6.92 Å². The van der Waals surface area contributed by atoms with Crippen molar-refractivity contribution in [1.82, 2.24) is 0 Å². The fraction of sp³-hybridized carbons (Fsp3) is 0.867. The van der Waals surface area contributed by atoms with E-state index in [9.17, 15) is 5.11 Å². The van der Waals surface area contributed by atoms with Crippen LogP contribution in [0.2, 0.25) is 37.8 Å². The highest BCUT2D eigenvalue weighted by Gasteiger charge is 2.38. The van der Waals surface area contributed by atoms with Crippen molar-refractivity contribution in [3.8, 4) is 11.5 Å². The largest absolute Gasteiger partial charge is 0.414 e.